The van der Waals surface area contributed by atoms with Crippen molar-refractivity contribution in [3.8, 4) is 11.1 Å². The monoisotopic (exact) mass is 240 g/mol. The fraction of sp³-hybridized carbons (Fsp3) is 0. The van der Waals surface area contributed by atoms with E-state index in [-0.39, 0.29) is 0 Å². The maximum Gasteiger partial charge on any atom is 0.129 e. The van der Waals surface area contributed by atoms with E-state index in [0.717, 1.165) is 22.0 Å². The van der Waals surface area contributed by atoms with Crippen LogP contribution in [0.3, 0.4) is 0 Å². The van der Waals surface area contributed by atoms with Gasteiger partial charge in [0, 0.05) is 23.3 Å². The minimum Gasteiger partial charge on any atom is -0.256 e. The third kappa shape index (κ3) is 1.99. The molecule has 0 bridgehead atoms. The molecule has 2 heterocycles. The Balaban J connectivity index is 2.18. The van der Waals surface area contributed by atoms with Gasteiger partial charge in [0.1, 0.15) is 5.15 Å². The number of halogens is 1. The molecule has 17 heavy (non-hydrogen) atoms. The first-order chi connectivity index (χ1) is 8.33. The van der Waals surface area contributed by atoms with Gasteiger partial charge in [0.05, 0.1) is 5.52 Å². The summed E-state index contributed by atoms with van der Waals surface area (Å²) in [5.41, 5.74) is 3.08. The Morgan fingerprint density at radius 1 is 0.882 bits per heavy atom. The summed E-state index contributed by atoms with van der Waals surface area (Å²) in [5.74, 6) is 0. The summed E-state index contributed by atoms with van der Waals surface area (Å²) < 4.78 is 0. The number of rotatable bonds is 1. The van der Waals surface area contributed by atoms with Gasteiger partial charge in [-0.3, -0.25) is 4.98 Å². The smallest absolute Gasteiger partial charge is 0.129 e. The molecule has 2 nitrogen and oxygen atoms in total. The second kappa shape index (κ2) is 4.15. The first-order valence-corrected chi connectivity index (χ1v) is 5.67. The van der Waals surface area contributed by atoms with Crippen molar-refractivity contribution in [2.45, 2.75) is 0 Å². The lowest BCUT2D eigenvalue weighted by atomic mass is 10.1. The molecule has 0 spiro atoms. The lowest BCUT2D eigenvalue weighted by Crippen LogP contribution is -1.83. The molecule has 0 atom stereocenters. The quantitative estimate of drug-likeness (QED) is 0.602. The molecule has 82 valence electrons. The van der Waals surface area contributed by atoms with E-state index < -0.39 is 0 Å². The zero-order valence-corrected chi connectivity index (χ0v) is 9.72. The Hall–Kier alpha value is -1.93. The number of hydrogen-bond donors (Lipinski definition) is 0. The molecule has 0 aliphatic heterocycles. The maximum absolute atomic E-state index is 5.88. The van der Waals surface area contributed by atoms with Gasteiger partial charge in [-0.15, -0.1) is 0 Å². The SMILES string of the molecule is Clc1cc(-c2cnc3ccccc3c2)ccn1. The molecule has 0 saturated carbocycles. The molecule has 1 aromatic carbocycles. The zero-order valence-electron chi connectivity index (χ0n) is 8.97. The molecule has 0 N–H and O–H groups in total. The van der Waals surface area contributed by atoms with Crippen molar-refractivity contribution >= 4 is 22.5 Å². The van der Waals surface area contributed by atoms with E-state index in [1.54, 1.807) is 6.20 Å². The van der Waals surface area contributed by atoms with Gasteiger partial charge in [-0.1, -0.05) is 29.8 Å². The van der Waals surface area contributed by atoms with Crippen LogP contribution in [-0.4, -0.2) is 9.97 Å². The Bertz CT molecular complexity index is 680. The van der Waals surface area contributed by atoms with Crippen molar-refractivity contribution in [3.05, 3.63) is 60.0 Å². The Morgan fingerprint density at radius 3 is 2.65 bits per heavy atom. The van der Waals surface area contributed by atoms with Gasteiger partial charge < -0.3 is 0 Å². The second-order valence-corrected chi connectivity index (χ2v) is 4.17. The van der Waals surface area contributed by atoms with Crippen LogP contribution < -0.4 is 0 Å². The van der Waals surface area contributed by atoms with Crippen LogP contribution in [0.5, 0.6) is 0 Å². The Kier molecular flexibility index (Phi) is 2.50. The van der Waals surface area contributed by atoms with Gasteiger partial charge in [0.2, 0.25) is 0 Å². The van der Waals surface area contributed by atoms with E-state index in [0.29, 0.717) is 5.15 Å². The molecule has 0 saturated heterocycles. The fourth-order valence-corrected chi connectivity index (χ4v) is 1.98. The van der Waals surface area contributed by atoms with E-state index in [1.807, 2.05) is 36.5 Å². The minimum atomic E-state index is 0.496. The molecular weight excluding hydrogens is 232 g/mol. The summed E-state index contributed by atoms with van der Waals surface area (Å²) in [4.78, 5) is 8.40. The standard InChI is InChI=1S/C14H9ClN2/c15-14-8-10(5-6-16-14)12-7-11-3-1-2-4-13(11)17-9-12/h1-9H. The summed E-state index contributed by atoms with van der Waals surface area (Å²) in [7, 11) is 0. The molecule has 0 unspecified atom stereocenters. The van der Waals surface area contributed by atoms with Crippen LogP contribution in [-0.2, 0) is 0 Å². The van der Waals surface area contributed by atoms with E-state index >= 15 is 0 Å². The van der Waals surface area contributed by atoms with Crippen molar-refractivity contribution in [1.82, 2.24) is 9.97 Å². The van der Waals surface area contributed by atoms with Gasteiger partial charge in [0.25, 0.3) is 0 Å². The first kappa shape index (κ1) is 10.2. The summed E-state index contributed by atoms with van der Waals surface area (Å²) >= 11 is 5.88. The average Bonchev–Trinajstić information content (AvgIpc) is 2.38. The van der Waals surface area contributed by atoms with Crippen LogP contribution in [0.25, 0.3) is 22.0 Å². The zero-order chi connectivity index (χ0) is 11.7. The average molecular weight is 241 g/mol. The molecule has 0 fully saturated rings. The van der Waals surface area contributed by atoms with Crippen molar-refractivity contribution in [2.75, 3.05) is 0 Å². The largest absolute Gasteiger partial charge is 0.256 e. The van der Waals surface area contributed by atoms with Gasteiger partial charge in [-0.25, -0.2) is 4.98 Å². The highest BCUT2D eigenvalue weighted by atomic mass is 35.5. The Morgan fingerprint density at radius 2 is 1.76 bits per heavy atom. The van der Waals surface area contributed by atoms with Gasteiger partial charge >= 0.3 is 0 Å². The highest BCUT2D eigenvalue weighted by molar-refractivity contribution is 6.29. The lowest BCUT2D eigenvalue weighted by molar-refractivity contribution is 1.32. The summed E-state index contributed by atoms with van der Waals surface area (Å²) in [6, 6.07) is 13.9. The van der Waals surface area contributed by atoms with E-state index in [1.165, 1.54) is 0 Å². The Labute approximate surface area is 104 Å². The van der Waals surface area contributed by atoms with E-state index in [9.17, 15) is 0 Å². The lowest BCUT2D eigenvalue weighted by Gasteiger charge is -2.03. The third-order valence-corrected chi connectivity index (χ3v) is 2.86. The highest BCUT2D eigenvalue weighted by Gasteiger charge is 2.01. The number of nitrogens with zero attached hydrogens (tertiary/aromatic N) is 2. The molecule has 3 heteroatoms. The van der Waals surface area contributed by atoms with E-state index in [4.69, 9.17) is 11.6 Å². The van der Waals surface area contributed by atoms with Crippen LogP contribution in [0.1, 0.15) is 0 Å². The van der Waals surface area contributed by atoms with Crippen LogP contribution in [0, 0.1) is 0 Å². The molecule has 0 aliphatic carbocycles. The van der Waals surface area contributed by atoms with Crippen LogP contribution in [0.4, 0.5) is 0 Å². The second-order valence-electron chi connectivity index (χ2n) is 3.78. The molecule has 3 aromatic rings. The maximum atomic E-state index is 5.88. The predicted molar refractivity (Wildman–Crippen MR) is 70.0 cm³/mol. The topological polar surface area (TPSA) is 25.8 Å². The molecule has 0 radical (unpaired) electrons. The van der Waals surface area contributed by atoms with Crippen molar-refractivity contribution < 1.29 is 0 Å². The van der Waals surface area contributed by atoms with Crippen molar-refractivity contribution in [2.24, 2.45) is 0 Å². The summed E-state index contributed by atoms with van der Waals surface area (Å²) in [6.45, 7) is 0. The fourth-order valence-electron chi connectivity index (χ4n) is 1.81. The molecule has 0 amide bonds. The van der Waals surface area contributed by atoms with Crippen molar-refractivity contribution in [1.29, 1.82) is 0 Å². The summed E-state index contributed by atoms with van der Waals surface area (Å²) in [5, 5.41) is 1.62. The molecular formula is C14H9ClN2. The van der Waals surface area contributed by atoms with Crippen LogP contribution in [0.2, 0.25) is 5.15 Å². The van der Waals surface area contributed by atoms with Gasteiger partial charge in [-0.2, -0.15) is 0 Å². The summed E-state index contributed by atoms with van der Waals surface area (Å²) in [6.07, 6.45) is 3.56. The number of fused-ring (bicyclic) bond motifs is 1. The number of aromatic nitrogens is 2. The molecule has 0 aliphatic rings. The normalized spacial score (nSPS) is 10.6. The first-order valence-electron chi connectivity index (χ1n) is 5.30. The number of benzene rings is 1. The van der Waals surface area contributed by atoms with Gasteiger partial charge in [-0.05, 0) is 29.8 Å². The van der Waals surface area contributed by atoms with Crippen LogP contribution >= 0.6 is 11.6 Å². The highest BCUT2D eigenvalue weighted by Crippen LogP contribution is 2.23. The number of para-hydroxylation sites is 1. The minimum absolute atomic E-state index is 0.496. The van der Waals surface area contributed by atoms with Crippen molar-refractivity contribution in [3.63, 3.8) is 0 Å². The number of hydrogen-bond acceptors (Lipinski definition) is 2. The third-order valence-electron chi connectivity index (χ3n) is 2.65. The van der Waals surface area contributed by atoms with Crippen LogP contribution in [0.15, 0.2) is 54.9 Å². The molecule has 2 aromatic heterocycles. The van der Waals surface area contributed by atoms with Gasteiger partial charge in [0.15, 0.2) is 0 Å². The number of pyridine rings is 2. The molecule has 3 rings (SSSR count). The van der Waals surface area contributed by atoms with E-state index in [2.05, 4.69) is 22.1 Å². The predicted octanol–water partition coefficient (Wildman–Crippen LogP) is 3.95.